The zero-order valence-electron chi connectivity index (χ0n) is 15.3. The van der Waals surface area contributed by atoms with Crippen LogP contribution in [0.3, 0.4) is 0 Å². The topological polar surface area (TPSA) is 98.9 Å². The fourth-order valence-electron chi connectivity index (χ4n) is 1.62. The van der Waals surface area contributed by atoms with E-state index >= 15 is 0 Å². The van der Waals surface area contributed by atoms with E-state index in [9.17, 15) is 14.4 Å². The molecule has 0 heterocycles. The Balaban J connectivity index is 4.28. The fraction of sp³-hybridized carbons (Fsp3) is 0.812. The second-order valence-corrected chi connectivity index (χ2v) is 7.51. The molecule has 0 spiro atoms. The number of hydrogen-bond donors (Lipinski definition) is 1. The maximum Gasteiger partial charge on any atom is 0.326 e. The summed E-state index contributed by atoms with van der Waals surface area (Å²) in [7, 11) is 1.51. The van der Waals surface area contributed by atoms with Crippen molar-refractivity contribution in [3.05, 3.63) is 0 Å². The van der Waals surface area contributed by atoms with Gasteiger partial charge >= 0.3 is 11.9 Å². The number of ether oxygens (including phenoxy) is 2. The molecule has 2 N–H and O–H groups in total. The summed E-state index contributed by atoms with van der Waals surface area (Å²) < 4.78 is 10.3. The van der Waals surface area contributed by atoms with E-state index in [1.54, 1.807) is 41.5 Å². The molecule has 1 atom stereocenters. The molecule has 0 aliphatic carbocycles. The van der Waals surface area contributed by atoms with E-state index in [1.165, 1.54) is 11.9 Å². The van der Waals surface area contributed by atoms with Crippen LogP contribution in [0.25, 0.3) is 0 Å². The SMILES string of the molecule is CN(CC(=O)OC(C)(C)C)C(=O)CC[C@H](N)C(=O)OC(C)(C)C. The molecular weight excluding hydrogens is 300 g/mol. The Hall–Kier alpha value is -1.63. The Bertz CT molecular complexity index is 435. The lowest BCUT2D eigenvalue weighted by atomic mass is 10.1. The summed E-state index contributed by atoms with van der Waals surface area (Å²) in [4.78, 5) is 36.6. The summed E-state index contributed by atoms with van der Waals surface area (Å²) in [6.07, 6.45) is 0.214. The van der Waals surface area contributed by atoms with Gasteiger partial charge in [-0.05, 0) is 48.0 Å². The van der Waals surface area contributed by atoms with Gasteiger partial charge in [-0.3, -0.25) is 14.4 Å². The van der Waals surface area contributed by atoms with Gasteiger partial charge in [-0.2, -0.15) is 0 Å². The van der Waals surface area contributed by atoms with Crippen molar-refractivity contribution >= 4 is 17.8 Å². The van der Waals surface area contributed by atoms with Gasteiger partial charge in [-0.15, -0.1) is 0 Å². The Kier molecular flexibility index (Phi) is 7.70. The summed E-state index contributed by atoms with van der Waals surface area (Å²) in [6.45, 7) is 10.4. The monoisotopic (exact) mass is 330 g/mol. The van der Waals surface area contributed by atoms with Crippen LogP contribution in [0.1, 0.15) is 54.4 Å². The molecule has 0 bridgehead atoms. The molecule has 134 valence electrons. The van der Waals surface area contributed by atoms with Crippen LogP contribution in [0, 0.1) is 0 Å². The average Bonchev–Trinajstić information content (AvgIpc) is 2.30. The number of rotatable bonds is 6. The maximum atomic E-state index is 12.0. The average molecular weight is 330 g/mol. The number of hydrogen-bond acceptors (Lipinski definition) is 6. The highest BCUT2D eigenvalue weighted by molar-refractivity contribution is 5.83. The second kappa shape index (κ2) is 8.29. The van der Waals surface area contributed by atoms with E-state index < -0.39 is 29.2 Å². The first-order chi connectivity index (χ1) is 10.2. The molecule has 23 heavy (non-hydrogen) atoms. The summed E-state index contributed by atoms with van der Waals surface area (Å²) >= 11 is 0. The minimum atomic E-state index is -0.867. The summed E-state index contributed by atoms with van der Waals surface area (Å²) in [5.74, 6) is -1.31. The smallest absolute Gasteiger partial charge is 0.326 e. The van der Waals surface area contributed by atoms with E-state index in [0.717, 1.165) is 0 Å². The van der Waals surface area contributed by atoms with Gasteiger partial charge in [-0.25, -0.2) is 0 Å². The molecule has 0 aromatic heterocycles. The van der Waals surface area contributed by atoms with E-state index in [1.807, 2.05) is 0 Å². The van der Waals surface area contributed by atoms with Crippen molar-refractivity contribution in [3.63, 3.8) is 0 Å². The highest BCUT2D eigenvalue weighted by Crippen LogP contribution is 2.11. The number of nitrogens with zero attached hydrogens (tertiary/aromatic N) is 1. The number of likely N-dealkylation sites (N-methyl/N-ethyl adjacent to an activating group) is 1. The number of carbonyl (C=O) groups excluding carboxylic acids is 3. The van der Waals surface area contributed by atoms with Gasteiger partial charge in [0.1, 0.15) is 23.8 Å². The Morgan fingerprint density at radius 1 is 1.00 bits per heavy atom. The van der Waals surface area contributed by atoms with Gasteiger partial charge in [0.05, 0.1) is 0 Å². The third-order valence-corrected chi connectivity index (χ3v) is 2.59. The minimum Gasteiger partial charge on any atom is -0.459 e. The fourth-order valence-corrected chi connectivity index (χ4v) is 1.62. The summed E-state index contributed by atoms with van der Waals surface area (Å²) in [5.41, 5.74) is 4.50. The van der Waals surface area contributed by atoms with Crippen molar-refractivity contribution < 1.29 is 23.9 Å². The predicted molar refractivity (Wildman–Crippen MR) is 86.5 cm³/mol. The van der Waals surface area contributed by atoms with E-state index in [2.05, 4.69) is 0 Å². The summed E-state index contributed by atoms with van der Waals surface area (Å²) in [5, 5.41) is 0. The maximum absolute atomic E-state index is 12.0. The molecule has 0 saturated heterocycles. The highest BCUT2D eigenvalue weighted by atomic mass is 16.6. The zero-order chi connectivity index (χ0) is 18.4. The quantitative estimate of drug-likeness (QED) is 0.736. The van der Waals surface area contributed by atoms with E-state index in [4.69, 9.17) is 15.2 Å². The van der Waals surface area contributed by atoms with Crippen LogP contribution in [-0.4, -0.2) is 53.6 Å². The molecule has 0 radical (unpaired) electrons. The Morgan fingerprint density at radius 2 is 1.48 bits per heavy atom. The first-order valence-electron chi connectivity index (χ1n) is 7.65. The van der Waals surface area contributed by atoms with Crippen LogP contribution in [0.5, 0.6) is 0 Å². The molecular formula is C16H30N2O5. The van der Waals surface area contributed by atoms with Gasteiger partial charge < -0.3 is 20.1 Å². The van der Waals surface area contributed by atoms with Crippen molar-refractivity contribution in [2.45, 2.75) is 71.6 Å². The van der Waals surface area contributed by atoms with Crippen LogP contribution >= 0.6 is 0 Å². The molecule has 7 nitrogen and oxygen atoms in total. The number of nitrogens with two attached hydrogens (primary N) is 1. The Labute approximate surface area is 138 Å². The molecule has 1 amide bonds. The highest BCUT2D eigenvalue weighted by Gasteiger charge is 2.24. The molecule has 0 aromatic rings. The Morgan fingerprint density at radius 3 is 1.91 bits per heavy atom. The van der Waals surface area contributed by atoms with Gasteiger partial charge in [0.15, 0.2) is 0 Å². The van der Waals surface area contributed by atoms with Gasteiger partial charge in [0, 0.05) is 13.5 Å². The number of carbonyl (C=O) groups is 3. The molecule has 0 saturated carbocycles. The minimum absolute atomic E-state index is 0.0553. The second-order valence-electron chi connectivity index (χ2n) is 7.51. The lowest BCUT2D eigenvalue weighted by Gasteiger charge is -2.23. The van der Waals surface area contributed by atoms with Crippen LogP contribution in [0.2, 0.25) is 0 Å². The van der Waals surface area contributed by atoms with Crippen molar-refractivity contribution in [1.29, 1.82) is 0 Å². The third-order valence-electron chi connectivity index (χ3n) is 2.59. The molecule has 0 aliphatic rings. The molecule has 0 unspecified atom stereocenters. The van der Waals surface area contributed by atoms with Crippen molar-refractivity contribution in [2.24, 2.45) is 5.73 Å². The normalized spacial score (nSPS) is 13.2. The van der Waals surface area contributed by atoms with Gasteiger partial charge in [0.2, 0.25) is 5.91 Å². The lowest BCUT2D eigenvalue weighted by molar-refractivity contribution is -0.159. The predicted octanol–water partition coefficient (Wildman–Crippen LogP) is 1.24. The first-order valence-corrected chi connectivity index (χ1v) is 7.65. The van der Waals surface area contributed by atoms with Crippen LogP contribution < -0.4 is 5.73 Å². The third kappa shape index (κ3) is 10.7. The van der Waals surface area contributed by atoms with E-state index in [0.29, 0.717) is 0 Å². The van der Waals surface area contributed by atoms with Crippen LogP contribution in [-0.2, 0) is 23.9 Å². The molecule has 0 aliphatic heterocycles. The number of amides is 1. The summed E-state index contributed by atoms with van der Waals surface area (Å²) in [6, 6.07) is -0.867. The lowest BCUT2D eigenvalue weighted by Crippen LogP contribution is -2.39. The molecule has 7 heteroatoms. The zero-order valence-corrected chi connectivity index (χ0v) is 15.3. The van der Waals surface area contributed by atoms with Crippen molar-refractivity contribution in [3.8, 4) is 0 Å². The van der Waals surface area contributed by atoms with E-state index in [-0.39, 0.29) is 25.3 Å². The van der Waals surface area contributed by atoms with Gasteiger partial charge in [-0.1, -0.05) is 0 Å². The first kappa shape index (κ1) is 21.4. The van der Waals surface area contributed by atoms with Crippen LogP contribution in [0.4, 0.5) is 0 Å². The standard InChI is InChI=1S/C16H30N2O5/c1-15(2,3)22-13(20)10-18(7)12(19)9-8-11(17)14(21)23-16(4,5)6/h11H,8-10,17H2,1-7H3/t11-/m0/s1. The van der Waals surface area contributed by atoms with Gasteiger partial charge in [0.25, 0.3) is 0 Å². The molecule has 0 fully saturated rings. The van der Waals surface area contributed by atoms with Crippen molar-refractivity contribution in [2.75, 3.05) is 13.6 Å². The van der Waals surface area contributed by atoms with Crippen molar-refractivity contribution in [1.82, 2.24) is 4.90 Å². The number of esters is 2. The largest absolute Gasteiger partial charge is 0.459 e. The molecule has 0 aromatic carbocycles. The molecule has 0 rings (SSSR count). The van der Waals surface area contributed by atoms with Crippen LogP contribution in [0.15, 0.2) is 0 Å².